The minimum atomic E-state index is -0.281. The van der Waals surface area contributed by atoms with Crippen LogP contribution in [0.25, 0.3) is 22.0 Å². The number of rotatable bonds is 2. The number of aromatic nitrogens is 2. The molecule has 0 radical (unpaired) electrons. The highest BCUT2D eigenvalue weighted by atomic mass is 16.3. The van der Waals surface area contributed by atoms with Crippen LogP contribution < -0.4 is 5.73 Å². The molecule has 2 aliphatic rings. The van der Waals surface area contributed by atoms with Crippen LogP contribution in [0, 0.1) is 5.41 Å². The fourth-order valence-corrected chi connectivity index (χ4v) is 5.16. The largest absolute Gasteiger partial charge is 0.392 e. The number of nitrogens with one attached hydrogen (secondary N) is 1. The van der Waals surface area contributed by atoms with Gasteiger partial charge < -0.3 is 15.7 Å². The molecule has 4 N–H and O–H groups in total. The summed E-state index contributed by atoms with van der Waals surface area (Å²) in [4.78, 5) is 15.2. The molecule has 0 unspecified atom stereocenters. The summed E-state index contributed by atoms with van der Waals surface area (Å²) in [5.41, 5.74) is 9.40. The monoisotopic (exact) mass is 390 g/mol. The highest BCUT2D eigenvalue weighted by Crippen LogP contribution is 2.45. The van der Waals surface area contributed by atoms with E-state index in [0.717, 1.165) is 60.7 Å². The Kier molecular flexibility index (Phi) is 4.32. The summed E-state index contributed by atoms with van der Waals surface area (Å²) in [5.74, 6) is 0.525. The molecule has 6 heteroatoms. The van der Waals surface area contributed by atoms with E-state index in [2.05, 4.69) is 10.2 Å². The normalized spacial score (nSPS) is 24.4. The van der Waals surface area contributed by atoms with Gasteiger partial charge in [0.25, 0.3) is 5.91 Å². The molecule has 3 aromatic rings. The van der Waals surface area contributed by atoms with Crippen LogP contribution in [0.4, 0.5) is 5.82 Å². The van der Waals surface area contributed by atoms with E-state index in [4.69, 9.17) is 5.73 Å². The number of carbonyl (C=O) groups is 1. The SMILES string of the molecule is Nc1n[nH]c2ccc(-c3cccc(C(=O)N4CCC[C@@]5(CCC[C@H]5O)C4)c3)cc12. The number of aliphatic hydroxyl groups is 1. The van der Waals surface area contributed by atoms with Crippen LogP contribution in [0.3, 0.4) is 0 Å². The molecule has 1 spiro atoms. The summed E-state index contributed by atoms with van der Waals surface area (Å²) >= 11 is 0. The number of aromatic amines is 1. The molecule has 2 atom stereocenters. The van der Waals surface area contributed by atoms with Crippen LogP contribution in [-0.4, -0.2) is 45.3 Å². The molecule has 1 aliphatic carbocycles. The van der Waals surface area contributed by atoms with Gasteiger partial charge in [-0.25, -0.2) is 0 Å². The quantitative estimate of drug-likeness (QED) is 0.623. The number of anilines is 1. The average Bonchev–Trinajstić information content (AvgIpc) is 3.30. The second-order valence-corrected chi connectivity index (χ2v) is 8.55. The Hall–Kier alpha value is -2.86. The lowest BCUT2D eigenvalue weighted by Crippen LogP contribution is -2.49. The Morgan fingerprint density at radius 3 is 2.83 bits per heavy atom. The number of hydrogen-bond donors (Lipinski definition) is 3. The van der Waals surface area contributed by atoms with Gasteiger partial charge in [0.1, 0.15) is 0 Å². The molecule has 1 aromatic heterocycles. The molecule has 2 heterocycles. The van der Waals surface area contributed by atoms with E-state index in [9.17, 15) is 9.90 Å². The minimum absolute atomic E-state index is 0.0499. The fourth-order valence-electron chi connectivity index (χ4n) is 5.16. The Balaban J connectivity index is 1.43. The number of carbonyl (C=O) groups excluding carboxylic acids is 1. The maximum Gasteiger partial charge on any atom is 0.253 e. The number of benzene rings is 2. The number of hydrogen-bond acceptors (Lipinski definition) is 4. The van der Waals surface area contributed by atoms with Gasteiger partial charge in [-0.1, -0.05) is 24.6 Å². The van der Waals surface area contributed by atoms with Gasteiger partial charge in [0.05, 0.1) is 11.6 Å². The van der Waals surface area contributed by atoms with E-state index in [0.29, 0.717) is 17.9 Å². The summed E-state index contributed by atoms with van der Waals surface area (Å²) in [5, 5.41) is 18.3. The van der Waals surface area contributed by atoms with Crippen molar-refractivity contribution in [2.24, 2.45) is 5.41 Å². The maximum absolute atomic E-state index is 13.3. The first kappa shape index (κ1) is 18.2. The number of aliphatic hydroxyl groups excluding tert-OH is 1. The number of amides is 1. The van der Waals surface area contributed by atoms with Crippen LogP contribution in [0.5, 0.6) is 0 Å². The first-order chi connectivity index (χ1) is 14.1. The van der Waals surface area contributed by atoms with Gasteiger partial charge in [-0.3, -0.25) is 9.89 Å². The van der Waals surface area contributed by atoms with E-state index in [1.54, 1.807) is 0 Å². The number of H-pyrrole nitrogens is 1. The van der Waals surface area contributed by atoms with E-state index in [-0.39, 0.29) is 17.4 Å². The number of piperidine rings is 1. The molecule has 1 saturated heterocycles. The number of nitrogen functional groups attached to an aromatic ring is 1. The first-order valence-corrected chi connectivity index (χ1v) is 10.4. The molecular formula is C23H26N4O2. The first-order valence-electron chi connectivity index (χ1n) is 10.4. The zero-order chi connectivity index (χ0) is 20.0. The predicted octanol–water partition coefficient (Wildman–Crippen LogP) is 3.58. The highest BCUT2D eigenvalue weighted by Gasteiger charge is 2.45. The lowest BCUT2D eigenvalue weighted by molar-refractivity contribution is -0.00535. The Morgan fingerprint density at radius 2 is 2.00 bits per heavy atom. The molecule has 5 rings (SSSR count). The fraction of sp³-hybridized carbons (Fsp3) is 0.391. The summed E-state index contributed by atoms with van der Waals surface area (Å²) < 4.78 is 0. The van der Waals surface area contributed by atoms with Crippen LogP contribution in [-0.2, 0) is 0 Å². The average molecular weight is 390 g/mol. The summed E-state index contributed by atoms with van der Waals surface area (Å²) in [6, 6.07) is 13.7. The Labute approximate surface area is 169 Å². The zero-order valence-electron chi connectivity index (χ0n) is 16.4. The third-order valence-electron chi connectivity index (χ3n) is 6.79. The van der Waals surface area contributed by atoms with Gasteiger partial charge in [-0.2, -0.15) is 5.10 Å². The van der Waals surface area contributed by atoms with Crippen LogP contribution in [0.2, 0.25) is 0 Å². The number of likely N-dealkylation sites (tertiary alicyclic amines) is 1. The number of nitrogens with zero attached hydrogens (tertiary/aromatic N) is 2. The van der Waals surface area contributed by atoms with E-state index < -0.39 is 0 Å². The van der Waals surface area contributed by atoms with Crippen molar-refractivity contribution in [3.63, 3.8) is 0 Å². The van der Waals surface area contributed by atoms with Gasteiger partial charge in [0, 0.05) is 29.5 Å². The Morgan fingerprint density at radius 1 is 1.17 bits per heavy atom. The van der Waals surface area contributed by atoms with E-state index in [1.807, 2.05) is 47.4 Å². The molecule has 1 saturated carbocycles. The summed E-state index contributed by atoms with van der Waals surface area (Å²) in [7, 11) is 0. The summed E-state index contributed by atoms with van der Waals surface area (Å²) in [6.45, 7) is 1.42. The van der Waals surface area contributed by atoms with Crippen molar-refractivity contribution in [3.8, 4) is 11.1 Å². The second kappa shape index (κ2) is 6.88. The molecular weight excluding hydrogens is 364 g/mol. The van der Waals surface area contributed by atoms with Crippen molar-refractivity contribution in [1.82, 2.24) is 15.1 Å². The lowest BCUT2D eigenvalue weighted by atomic mass is 9.76. The maximum atomic E-state index is 13.3. The van der Waals surface area contributed by atoms with Crippen molar-refractivity contribution in [2.45, 2.75) is 38.2 Å². The number of fused-ring (bicyclic) bond motifs is 1. The highest BCUT2D eigenvalue weighted by molar-refractivity contribution is 5.97. The molecule has 0 bridgehead atoms. The van der Waals surface area contributed by atoms with Crippen LogP contribution in [0.15, 0.2) is 42.5 Å². The third kappa shape index (κ3) is 3.08. The van der Waals surface area contributed by atoms with Crippen molar-refractivity contribution < 1.29 is 9.90 Å². The van der Waals surface area contributed by atoms with E-state index in [1.165, 1.54) is 0 Å². The molecule has 1 amide bonds. The van der Waals surface area contributed by atoms with Gasteiger partial charge in [0.15, 0.2) is 5.82 Å². The van der Waals surface area contributed by atoms with Gasteiger partial charge in [-0.05, 0) is 61.1 Å². The van der Waals surface area contributed by atoms with Gasteiger partial charge >= 0.3 is 0 Å². The molecule has 29 heavy (non-hydrogen) atoms. The topological polar surface area (TPSA) is 95.2 Å². The van der Waals surface area contributed by atoms with Crippen molar-refractivity contribution in [1.29, 1.82) is 0 Å². The third-order valence-corrected chi connectivity index (χ3v) is 6.79. The van der Waals surface area contributed by atoms with E-state index >= 15 is 0 Å². The zero-order valence-corrected chi connectivity index (χ0v) is 16.4. The molecule has 1 aliphatic heterocycles. The Bertz CT molecular complexity index is 1080. The standard InChI is InChI=1S/C23H26N4O2/c24-21-18-13-16(7-8-19(18)25-26-21)15-4-1-5-17(12-15)22(29)27-11-3-10-23(14-27)9-2-6-20(23)28/h1,4-5,7-8,12-13,20,28H,2-3,6,9-11,14H2,(H3,24,25,26)/t20-,23+/m1/s1. The predicted molar refractivity (Wildman–Crippen MR) is 113 cm³/mol. The molecule has 2 fully saturated rings. The van der Waals surface area contributed by atoms with Crippen molar-refractivity contribution in [2.75, 3.05) is 18.8 Å². The molecule has 6 nitrogen and oxygen atoms in total. The molecule has 2 aromatic carbocycles. The van der Waals surface area contributed by atoms with Gasteiger partial charge in [0.2, 0.25) is 0 Å². The van der Waals surface area contributed by atoms with Crippen LogP contribution >= 0.6 is 0 Å². The lowest BCUT2D eigenvalue weighted by Gasteiger charge is -2.42. The second-order valence-electron chi connectivity index (χ2n) is 8.55. The van der Waals surface area contributed by atoms with Crippen molar-refractivity contribution in [3.05, 3.63) is 48.0 Å². The van der Waals surface area contributed by atoms with Crippen molar-refractivity contribution >= 4 is 22.6 Å². The summed E-state index contributed by atoms with van der Waals surface area (Å²) in [6.07, 6.45) is 4.62. The van der Waals surface area contributed by atoms with Crippen LogP contribution in [0.1, 0.15) is 42.5 Å². The van der Waals surface area contributed by atoms with Gasteiger partial charge in [-0.15, -0.1) is 0 Å². The minimum Gasteiger partial charge on any atom is -0.392 e. The number of nitrogens with two attached hydrogens (primary N) is 1. The molecule has 150 valence electrons. The smallest absolute Gasteiger partial charge is 0.253 e.